The van der Waals surface area contributed by atoms with E-state index in [0.29, 0.717) is 5.69 Å². The quantitative estimate of drug-likeness (QED) is 0.440. The van der Waals surface area contributed by atoms with Crippen LogP contribution in [0.25, 0.3) is 27.3 Å². The van der Waals surface area contributed by atoms with E-state index in [-0.39, 0.29) is 0 Å². The molecule has 0 radical (unpaired) electrons. The number of carbonyl (C=O) groups excluding carboxylic acids is 1. The Morgan fingerprint density at radius 2 is 1.97 bits per heavy atom. The average molecular weight is 445 g/mol. The zero-order valence-corrected chi connectivity index (χ0v) is 17.4. The first kappa shape index (κ1) is 20.9. The zero-order chi connectivity index (χ0) is 22.2. The van der Waals surface area contributed by atoms with E-state index in [2.05, 4.69) is 15.3 Å². The van der Waals surface area contributed by atoms with Crippen molar-refractivity contribution in [1.29, 1.82) is 0 Å². The van der Waals surface area contributed by atoms with Crippen LogP contribution in [0.4, 0.5) is 23.7 Å². The molecule has 0 bridgehead atoms. The number of halogens is 3. The van der Waals surface area contributed by atoms with Crippen molar-refractivity contribution in [3.63, 3.8) is 0 Å². The number of carbonyl (C=O) groups is 1. The van der Waals surface area contributed by atoms with Gasteiger partial charge in [0.15, 0.2) is 0 Å². The summed E-state index contributed by atoms with van der Waals surface area (Å²) in [5, 5.41) is 5.21. The largest absolute Gasteiger partial charge is 0.405 e. The van der Waals surface area contributed by atoms with Crippen molar-refractivity contribution in [2.45, 2.75) is 20.0 Å². The summed E-state index contributed by atoms with van der Waals surface area (Å²) in [7, 11) is 0. The number of nitrogens with one attached hydrogen (secondary N) is 2. The number of benzene rings is 1. The van der Waals surface area contributed by atoms with Crippen LogP contribution in [0.1, 0.15) is 10.7 Å². The maximum absolute atomic E-state index is 12.3. The molecule has 10 heteroatoms. The van der Waals surface area contributed by atoms with Gasteiger partial charge in [-0.2, -0.15) is 13.2 Å². The van der Waals surface area contributed by atoms with E-state index >= 15 is 0 Å². The first-order valence-electron chi connectivity index (χ1n) is 9.33. The minimum absolute atomic E-state index is 0.375. The van der Waals surface area contributed by atoms with E-state index in [9.17, 15) is 18.0 Å². The molecule has 0 unspecified atom stereocenters. The molecular formula is C21H18F3N5OS. The molecule has 3 heterocycles. The molecule has 0 saturated heterocycles. The minimum Gasteiger partial charge on any atom is -0.329 e. The van der Waals surface area contributed by atoms with Gasteiger partial charge in [0.05, 0.1) is 27.5 Å². The Morgan fingerprint density at radius 1 is 1.16 bits per heavy atom. The zero-order valence-electron chi connectivity index (χ0n) is 16.6. The molecule has 0 spiro atoms. The molecule has 2 N–H and O–H groups in total. The Morgan fingerprint density at radius 3 is 2.68 bits per heavy atom. The molecule has 31 heavy (non-hydrogen) atoms. The van der Waals surface area contributed by atoms with Crippen molar-refractivity contribution in [2.75, 3.05) is 11.9 Å². The molecule has 2 amide bonds. The van der Waals surface area contributed by atoms with Crippen LogP contribution in [-0.4, -0.2) is 33.1 Å². The lowest BCUT2D eigenvalue weighted by atomic mass is 10.1. The van der Waals surface area contributed by atoms with Gasteiger partial charge in [-0.25, -0.2) is 14.8 Å². The predicted molar refractivity (Wildman–Crippen MR) is 114 cm³/mol. The van der Waals surface area contributed by atoms with Crippen molar-refractivity contribution in [3.8, 4) is 21.7 Å². The average Bonchev–Trinajstić information content (AvgIpc) is 3.28. The number of hydrogen-bond acceptors (Lipinski definition) is 4. The molecule has 0 aliphatic rings. The van der Waals surface area contributed by atoms with E-state index in [4.69, 9.17) is 0 Å². The maximum atomic E-state index is 12.3. The number of anilines is 1. The molecule has 3 aromatic heterocycles. The molecular weight excluding hydrogens is 427 g/mol. The fraction of sp³-hybridized carbons (Fsp3) is 0.190. The van der Waals surface area contributed by atoms with E-state index < -0.39 is 18.8 Å². The van der Waals surface area contributed by atoms with Gasteiger partial charge in [-0.1, -0.05) is 12.1 Å². The molecule has 0 fully saturated rings. The number of thiazole rings is 1. The highest BCUT2D eigenvalue weighted by molar-refractivity contribution is 7.15. The Balaban J connectivity index is 1.58. The Labute approximate surface area is 179 Å². The van der Waals surface area contributed by atoms with E-state index in [1.54, 1.807) is 41.0 Å². The van der Waals surface area contributed by atoms with Crippen LogP contribution in [0.2, 0.25) is 0 Å². The molecule has 0 aliphatic carbocycles. The molecule has 160 valence electrons. The van der Waals surface area contributed by atoms with E-state index in [0.717, 1.165) is 38.0 Å². The van der Waals surface area contributed by atoms with Crippen molar-refractivity contribution >= 4 is 28.7 Å². The van der Waals surface area contributed by atoms with Crippen molar-refractivity contribution in [3.05, 3.63) is 59.5 Å². The van der Waals surface area contributed by atoms with Crippen LogP contribution in [-0.2, 0) is 0 Å². The highest BCUT2D eigenvalue weighted by Crippen LogP contribution is 2.31. The third-order valence-corrected chi connectivity index (χ3v) is 5.67. The van der Waals surface area contributed by atoms with E-state index in [1.165, 1.54) is 0 Å². The summed E-state index contributed by atoms with van der Waals surface area (Å²) in [6.45, 7) is 2.55. The Hall–Kier alpha value is -3.40. The fourth-order valence-electron chi connectivity index (χ4n) is 3.25. The lowest BCUT2D eigenvalue weighted by molar-refractivity contribution is -0.122. The first-order valence-corrected chi connectivity index (χ1v) is 10.1. The summed E-state index contributed by atoms with van der Waals surface area (Å²) >= 11 is 1.63. The summed E-state index contributed by atoms with van der Waals surface area (Å²) in [6.07, 6.45) is -0.838. The fourth-order valence-corrected chi connectivity index (χ4v) is 4.16. The Bertz CT molecular complexity index is 1260. The molecule has 0 atom stereocenters. The smallest absolute Gasteiger partial charge is 0.329 e. The summed E-state index contributed by atoms with van der Waals surface area (Å²) in [4.78, 5) is 21.8. The van der Waals surface area contributed by atoms with Gasteiger partial charge >= 0.3 is 12.2 Å². The molecule has 1 aromatic carbocycles. The number of aryl methyl sites for hydroxylation is 2. The lowest BCUT2D eigenvalue weighted by Crippen LogP contribution is -2.36. The van der Waals surface area contributed by atoms with Gasteiger partial charge < -0.3 is 10.6 Å². The maximum Gasteiger partial charge on any atom is 0.405 e. The van der Waals surface area contributed by atoms with Gasteiger partial charge in [0.25, 0.3) is 0 Å². The number of hydrogen-bond donors (Lipinski definition) is 2. The molecule has 4 rings (SSSR count). The van der Waals surface area contributed by atoms with Crippen LogP contribution in [0.15, 0.2) is 48.8 Å². The third kappa shape index (κ3) is 4.69. The second-order valence-electron chi connectivity index (χ2n) is 6.94. The highest BCUT2D eigenvalue weighted by atomic mass is 32.1. The number of nitrogens with zero attached hydrogens (tertiary/aromatic N) is 3. The van der Waals surface area contributed by atoms with E-state index in [1.807, 2.05) is 42.6 Å². The second kappa shape index (κ2) is 8.03. The summed E-state index contributed by atoms with van der Waals surface area (Å²) in [6, 6.07) is 9.89. The van der Waals surface area contributed by atoms with Gasteiger partial charge in [0.1, 0.15) is 12.2 Å². The van der Waals surface area contributed by atoms with Gasteiger partial charge in [-0.3, -0.25) is 4.40 Å². The number of rotatable bonds is 4. The van der Waals surface area contributed by atoms with Crippen LogP contribution in [0, 0.1) is 13.8 Å². The minimum atomic E-state index is -4.47. The van der Waals surface area contributed by atoms with Crippen LogP contribution in [0.5, 0.6) is 0 Å². The Kier molecular flexibility index (Phi) is 5.40. The topological polar surface area (TPSA) is 71.3 Å². The van der Waals surface area contributed by atoms with Crippen LogP contribution < -0.4 is 10.6 Å². The number of amides is 2. The molecule has 4 aromatic rings. The number of imidazole rings is 1. The number of aromatic nitrogens is 3. The van der Waals surface area contributed by atoms with Gasteiger partial charge in [-0.15, -0.1) is 11.3 Å². The number of pyridine rings is 1. The van der Waals surface area contributed by atoms with Gasteiger partial charge in [0.2, 0.25) is 0 Å². The highest BCUT2D eigenvalue weighted by Gasteiger charge is 2.27. The number of fused-ring (bicyclic) bond motifs is 1. The van der Waals surface area contributed by atoms with Gasteiger partial charge in [-0.05, 0) is 43.7 Å². The predicted octanol–water partition coefficient (Wildman–Crippen LogP) is 5.43. The summed E-state index contributed by atoms with van der Waals surface area (Å²) in [5.74, 6) is 0. The summed E-state index contributed by atoms with van der Waals surface area (Å²) in [5.41, 5.74) is 4.68. The first-order chi connectivity index (χ1) is 14.7. The van der Waals surface area contributed by atoms with Crippen LogP contribution >= 0.6 is 11.3 Å². The number of alkyl halides is 3. The molecule has 0 aliphatic heterocycles. The standard InChI is InChI=1S/C21H18F3N5OS/c1-12-19(31-13(2)27-12)15-6-7-29-17(10-25-18(29)9-15)14-4-3-5-16(8-14)28-20(30)26-11-21(22,23)24/h3-10H,11H2,1-2H3,(H2,26,28,30). The molecule has 0 saturated carbocycles. The van der Waals surface area contributed by atoms with Crippen molar-refractivity contribution < 1.29 is 18.0 Å². The SMILES string of the molecule is Cc1nc(C)c(-c2ccn3c(-c4cccc(NC(=O)NCC(F)(F)F)c4)cnc3c2)s1. The molecule has 6 nitrogen and oxygen atoms in total. The third-order valence-electron chi connectivity index (χ3n) is 4.54. The second-order valence-corrected chi connectivity index (χ2v) is 8.14. The van der Waals surface area contributed by atoms with Gasteiger partial charge in [0, 0.05) is 17.4 Å². The van der Waals surface area contributed by atoms with Crippen molar-refractivity contribution in [2.24, 2.45) is 0 Å². The normalized spacial score (nSPS) is 11.6. The van der Waals surface area contributed by atoms with Crippen molar-refractivity contribution in [1.82, 2.24) is 19.7 Å². The summed E-state index contributed by atoms with van der Waals surface area (Å²) < 4.78 is 38.7. The number of urea groups is 1. The van der Waals surface area contributed by atoms with Crippen LogP contribution in [0.3, 0.4) is 0 Å². The monoisotopic (exact) mass is 445 g/mol. The lowest BCUT2D eigenvalue weighted by Gasteiger charge is -2.11.